The number of aromatic nitrogens is 1. The lowest BCUT2D eigenvalue weighted by Gasteiger charge is -2.06. The van der Waals surface area contributed by atoms with Crippen LogP contribution in [0.4, 0.5) is 10.8 Å². The molecule has 0 saturated heterocycles. The highest BCUT2D eigenvalue weighted by molar-refractivity contribution is 9.10. The number of carbonyl (C=O) groups excluding carboxylic acids is 1. The van der Waals surface area contributed by atoms with Crippen molar-refractivity contribution in [2.45, 2.75) is 13.8 Å². The smallest absolute Gasteiger partial charge is 0.356 e. The minimum Gasteiger partial charge on any atom is -0.476 e. The number of nitrogens with one attached hydrogen (secondary N) is 1. The van der Waals surface area contributed by atoms with E-state index in [0.717, 1.165) is 27.1 Å². The van der Waals surface area contributed by atoms with E-state index >= 15 is 0 Å². The lowest BCUT2D eigenvalue weighted by molar-refractivity contribution is 0.0687. The molecule has 104 valence electrons. The van der Waals surface area contributed by atoms with E-state index in [9.17, 15) is 9.59 Å². The van der Waals surface area contributed by atoms with Crippen molar-refractivity contribution in [3.8, 4) is 0 Å². The van der Waals surface area contributed by atoms with E-state index in [1.54, 1.807) is 0 Å². The van der Waals surface area contributed by atoms with Crippen molar-refractivity contribution in [2.75, 3.05) is 5.32 Å². The van der Waals surface area contributed by atoms with Gasteiger partial charge in [0.2, 0.25) is 0 Å². The van der Waals surface area contributed by atoms with Crippen LogP contribution in [0.5, 0.6) is 0 Å². The van der Waals surface area contributed by atoms with Crippen LogP contribution in [-0.2, 0) is 0 Å². The molecule has 0 spiro atoms. The van der Waals surface area contributed by atoms with Gasteiger partial charge in [-0.25, -0.2) is 9.78 Å². The van der Waals surface area contributed by atoms with Crippen molar-refractivity contribution >= 4 is 49.8 Å². The summed E-state index contributed by atoms with van der Waals surface area (Å²) in [5, 5.41) is 12.5. The number of ketones is 1. The Morgan fingerprint density at radius 2 is 2.10 bits per heavy atom. The van der Waals surface area contributed by atoms with E-state index in [2.05, 4.69) is 26.2 Å². The maximum Gasteiger partial charge on any atom is 0.356 e. The van der Waals surface area contributed by atoms with Crippen molar-refractivity contribution in [1.29, 1.82) is 0 Å². The predicted octanol–water partition coefficient (Wildman–Crippen LogP) is 3.86. The molecule has 0 amide bonds. The Morgan fingerprint density at radius 1 is 1.40 bits per heavy atom. The Labute approximate surface area is 127 Å². The van der Waals surface area contributed by atoms with Crippen LogP contribution in [0.1, 0.15) is 32.6 Å². The fourth-order valence-corrected chi connectivity index (χ4v) is 2.98. The molecule has 0 atom stereocenters. The lowest BCUT2D eigenvalue weighted by atomic mass is 10.2. The van der Waals surface area contributed by atoms with Gasteiger partial charge in [0.15, 0.2) is 16.6 Å². The number of carbonyl (C=O) groups is 2. The summed E-state index contributed by atoms with van der Waals surface area (Å²) in [7, 11) is 0. The van der Waals surface area contributed by atoms with Crippen LogP contribution >= 0.6 is 27.3 Å². The summed E-state index contributed by atoms with van der Waals surface area (Å²) in [5.41, 5.74) is 1.59. The first-order valence-electron chi connectivity index (χ1n) is 5.66. The van der Waals surface area contributed by atoms with Gasteiger partial charge < -0.3 is 10.4 Å². The lowest BCUT2D eigenvalue weighted by Crippen LogP contribution is -2.03. The van der Waals surface area contributed by atoms with Crippen LogP contribution in [0.25, 0.3) is 0 Å². The number of benzene rings is 1. The number of aryl methyl sites for hydroxylation is 1. The quantitative estimate of drug-likeness (QED) is 0.815. The van der Waals surface area contributed by atoms with Crippen molar-refractivity contribution in [3.05, 3.63) is 38.8 Å². The molecule has 0 radical (unpaired) electrons. The third-order valence-electron chi connectivity index (χ3n) is 2.58. The molecule has 0 saturated carbocycles. The van der Waals surface area contributed by atoms with Gasteiger partial charge in [-0.3, -0.25) is 4.79 Å². The molecular weight excluding hydrogens is 344 g/mol. The SMILES string of the molecule is CC(=O)c1sc(Nc2ccc(Br)cc2C)nc1C(=O)O. The Bertz CT molecular complexity index is 665. The summed E-state index contributed by atoms with van der Waals surface area (Å²) in [6, 6.07) is 5.65. The molecule has 1 aromatic heterocycles. The average Bonchev–Trinajstić information content (AvgIpc) is 2.77. The maximum atomic E-state index is 11.4. The summed E-state index contributed by atoms with van der Waals surface area (Å²) in [5.74, 6) is -1.51. The first kappa shape index (κ1) is 14.7. The molecule has 0 aliphatic rings. The van der Waals surface area contributed by atoms with Gasteiger partial charge >= 0.3 is 5.97 Å². The topological polar surface area (TPSA) is 79.3 Å². The van der Waals surface area contributed by atoms with E-state index < -0.39 is 5.97 Å². The molecule has 0 bridgehead atoms. The number of Topliss-reactive ketones (excluding diaryl/α,β-unsaturated/α-hetero) is 1. The second-order valence-corrected chi connectivity index (χ2v) is 6.06. The van der Waals surface area contributed by atoms with Gasteiger partial charge in [-0.1, -0.05) is 27.3 Å². The van der Waals surface area contributed by atoms with E-state index in [4.69, 9.17) is 5.11 Å². The number of aromatic carboxylic acids is 1. The third kappa shape index (κ3) is 3.05. The monoisotopic (exact) mass is 354 g/mol. The molecule has 2 rings (SSSR count). The van der Waals surface area contributed by atoms with Crippen LogP contribution in [0, 0.1) is 6.92 Å². The highest BCUT2D eigenvalue weighted by Gasteiger charge is 2.20. The van der Waals surface area contributed by atoms with Gasteiger partial charge in [0.25, 0.3) is 0 Å². The number of rotatable bonds is 4. The molecule has 7 heteroatoms. The van der Waals surface area contributed by atoms with Gasteiger partial charge in [-0.05, 0) is 30.7 Å². The molecule has 0 aliphatic heterocycles. The van der Waals surface area contributed by atoms with Gasteiger partial charge in [-0.2, -0.15) is 0 Å². The number of hydrogen-bond donors (Lipinski definition) is 2. The number of halogens is 1. The fourth-order valence-electron chi connectivity index (χ4n) is 1.64. The van der Waals surface area contributed by atoms with Gasteiger partial charge in [-0.15, -0.1) is 0 Å². The number of anilines is 2. The zero-order valence-corrected chi connectivity index (χ0v) is 13.1. The molecule has 1 aromatic carbocycles. The predicted molar refractivity (Wildman–Crippen MR) is 81.2 cm³/mol. The van der Waals surface area contributed by atoms with Crippen molar-refractivity contribution in [3.63, 3.8) is 0 Å². The largest absolute Gasteiger partial charge is 0.476 e. The number of hydrogen-bond acceptors (Lipinski definition) is 5. The van der Waals surface area contributed by atoms with Crippen LogP contribution in [0.3, 0.4) is 0 Å². The molecular formula is C13H11BrN2O3S. The Morgan fingerprint density at radius 3 is 2.60 bits per heavy atom. The number of nitrogens with zero attached hydrogens (tertiary/aromatic N) is 1. The van der Waals surface area contributed by atoms with E-state index in [1.807, 2.05) is 25.1 Å². The van der Waals surface area contributed by atoms with Crippen LogP contribution in [-0.4, -0.2) is 21.8 Å². The van der Waals surface area contributed by atoms with E-state index in [0.29, 0.717) is 5.13 Å². The maximum absolute atomic E-state index is 11.4. The summed E-state index contributed by atoms with van der Waals surface area (Å²) in [4.78, 5) is 26.6. The van der Waals surface area contributed by atoms with Crippen LogP contribution < -0.4 is 5.32 Å². The minimum absolute atomic E-state index is 0.148. The first-order chi connectivity index (χ1) is 9.38. The molecule has 5 nitrogen and oxygen atoms in total. The number of thiazole rings is 1. The zero-order chi connectivity index (χ0) is 14.9. The minimum atomic E-state index is -1.20. The summed E-state index contributed by atoms with van der Waals surface area (Å²) in [6.45, 7) is 3.25. The van der Waals surface area contributed by atoms with E-state index in [1.165, 1.54) is 6.92 Å². The van der Waals surface area contributed by atoms with Crippen molar-refractivity contribution < 1.29 is 14.7 Å². The molecule has 0 aliphatic carbocycles. The second kappa shape index (κ2) is 5.72. The third-order valence-corrected chi connectivity index (χ3v) is 4.14. The molecule has 2 N–H and O–H groups in total. The normalized spacial score (nSPS) is 10.3. The number of carboxylic acids is 1. The Kier molecular flexibility index (Phi) is 4.20. The molecule has 0 fully saturated rings. The first-order valence-corrected chi connectivity index (χ1v) is 7.27. The van der Waals surface area contributed by atoms with E-state index in [-0.39, 0.29) is 16.4 Å². The average molecular weight is 355 g/mol. The molecule has 20 heavy (non-hydrogen) atoms. The van der Waals surface area contributed by atoms with Gasteiger partial charge in [0.05, 0.1) is 0 Å². The molecule has 2 aromatic rings. The summed E-state index contributed by atoms with van der Waals surface area (Å²) < 4.78 is 0.954. The zero-order valence-electron chi connectivity index (χ0n) is 10.7. The van der Waals surface area contributed by atoms with Crippen LogP contribution in [0.2, 0.25) is 0 Å². The highest BCUT2D eigenvalue weighted by atomic mass is 79.9. The van der Waals surface area contributed by atoms with Gasteiger partial charge in [0, 0.05) is 17.1 Å². The highest BCUT2D eigenvalue weighted by Crippen LogP contribution is 2.29. The second-order valence-electron chi connectivity index (χ2n) is 4.14. The van der Waals surface area contributed by atoms with Crippen molar-refractivity contribution in [2.24, 2.45) is 0 Å². The summed E-state index contributed by atoms with van der Waals surface area (Å²) in [6.07, 6.45) is 0. The Balaban J connectivity index is 2.37. The van der Waals surface area contributed by atoms with Gasteiger partial charge in [0.1, 0.15) is 4.88 Å². The Hall–Kier alpha value is -1.73. The molecule has 0 unspecified atom stereocenters. The summed E-state index contributed by atoms with van der Waals surface area (Å²) >= 11 is 4.41. The van der Waals surface area contributed by atoms with Crippen LogP contribution in [0.15, 0.2) is 22.7 Å². The fraction of sp³-hybridized carbons (Fsp3) is 0.154. The van der Waals surface area contributed by atoms with Crippen molar-refractivity contribution in [1.82, 2.24) is 4.98 Å². The standard InChI is InChI=1S/C13H11BrN2O3S/c1-6-5-8(14)3-4-9(6)15-13-16-10(12(18)19)11(20-13)7(2)17/h3-5H,1-2H3,(H,15,16)(H,18,19). The number of carboxylic acid groups (broad SMARTS) is 1. The molecule has 1 heterocycles.